The average molecular weight is 347 g/mol. The molecule has 0 saturated carbocycles. The molecule has 0 heterocycles. The van der Waals surface area contributed by atoms with Gasteiger partial charge in [0.2, 0.25) is 0 Å². The lowest BCUT2D eigenvalue weighted by Gasteiger charge is -2.12. The van der Waals surface area contributed by atoms with Crippen molar-refractivity contribution in [2.45, 2.75) is 19.6 Å². The van der Waals surface area contributed by atoms with Crippen LogP contribution in [0.1, 0.15) is 18.1 Å². The maximum atomic E-state index is 12.7. The van der Waals surface area contributed by atoms with Crippen LogP contribution in [-0.4, -0.2) is 46.0 Å². The molecule has 0 atom stereocenters. The number of hydrogen-bond donors (Lipinski definition) is 2. The van der Waals surface area contributed by atoms with Crippen LogP contribution >= 0.6 is 0 Å². The fourth-order valence-corrected chi connectivity index (χ4v) is 1.84. The van der Waals surface area contributed by atoms with E-state index in [9.17, 15) is 13.2 Å². The average Bonchev–Trinajstić information content (AvgIpc) is 2.55. The van der Waals surface area contributed by atoms with Crippen LogP contribution < -0.4 is 10.6 Å². The number of hydrogen-bond acceptors (Lipinski definition) is 3. The van der Waals surface area contributed by atoms with Crippen LogP contribution in [0.4, 0.5) is 13.2 Å². The molecule has 0 amide bonds. The summed E-state index contributed by atoms with van der Waals surface area (Å²) in [5.41, 5.74) is -0.168. The van der Waals surface area contributed by atoms with Crippen molar-refractivity contribution in [3.63, 3.8) is 0 Å². The Morgan fingerprint density at radius 3 is 2.62 bits per heavy atom. The molecule has 0 bridgehead atoms. The van der Waals surface area contributed by atoms with Crippen molar-refractivity contribution < 1.29 is 22.6 Å². The van der Waals surface area contributed by atoms with Gasteiger partial charge in [0.25, 0.3) is 0 Å². The summed E-state index contributed by atoms with van der Waals surface area (Å²) in [4.78, 5) is 4.29. The van der Waals surface area contributed by atoms with Crippen molar-refractivity contribution in [3.8, 4) is 0 Å². The van der Waals surface area contributed by atoms with Crippen molar-refractivity contribution in [3.05, 3.63) is 35.4 Å². The molecule has 2 N–H and O–H groups in total. The smallest absolute Gasteiger partial charge is 0.382 e. The van der Waals surface area contributed by atoms with Gasteiger partial charge < -0.3 is 20.1 Å². The summed E-state index contributed by atoms with van der Waals surface area (Å²) in [7, 11) is 1.60. The van der Waals surface area contributed by atoms with Gasteiger partial charge in [-0.05, 0) is 24.6 Å². The van der Waals surface area contributed by atoms with E-state index in [1.54, 1.807) is 13.2 Å². The van der Waals surface area contributed by atoms with E-state index in [-0.39, 0.29) is 6.54 Å². The monoisotopic (exact) mass is 347 g/mol. The predicted molar refractivity (Wildman–Crippen MR) is 87.0 cm³/mol. The molecule has 1 aromatic rings. The van der Waals surface area contributed by atoms with Crippen molar-refractivity contribution >= 4 is 5.96 Å². The van der Waals surface area contributed by atoms with E-state index in [2.05, 4.69) is 15.6 Å². The minimum absolute atomic E-state index is 0.157. The molecule has 1 rings (SSSR count). The van der Waals surface area contributed by atoms with Gasteiger partial charge in [0.1, 0.15) is 0 Å². The normalized spacial score (nSPS) is 12.3. The van der Waals surface area contributed by atoms with Crippen LogP contribution in [0.15, 0.2) is 29.3 Å². The number of aliphatic imine (C=N–C) groups is 1. The number of alkyl halides is 3. The molecule has 136 valence electrons. The first-order valence-electron chi connectivity index (χ1n) is 7.72. The molecule has 0 aliphatic heterocycles. The van der Waals surface area contributed by atoms with E-state index in [4.69, 9.17) is 9.47 Å². The number of methoxy groups -OCH3 is 1. The SMILES string of the molecule is CCNC(=NCc1cccc(C(F)(F)F)c1)NCCOCCOC. The second-order valence-corrected chi connectivity index (χ2v) is 4.93. The molecule has 5 nitrogen and oxygen atoms in total. The summed E-state index contributed by atoms with van der Waals surface area (Å²) in [6, 6.07) is 5.17. The largest absolute Gasteiger partial charge is 0.416 e. The van der Waals surface area contributed by atoms with Crippen molar-refractivity contribution in [2.75, 3.05) is 40.0 Å². The molecule has 8 heteroatoms. The number of ether oxygens (including phenoxy) is 2. The Balaban J connectivity index is 2.53. The second kappa shape index (κ2) is 10.9. The zero-order valence-electron chi connectivity index (χ0n) is 13.9. The van der Waals surface area contributed by atoms with Gasteiger partial charge in [0.15, 0.2) is 5.96 Å². The minimum atomic E-state index is -4.35. The van der Waals surface area contributed by atoms with Crippen LogP contribution in [0, 0.1) is 0 Å². The molecular formula is C16H24F3N3O2. The zero-order chi connectivity index (χ0) is 17.8. The molecule has 1 aromatic carbocycles. The van der Waals surface area contributed by atoms with Gasteiger partial charge in [0, 0.05) is 20.2 Å². The summed E-state index contributed by atoms with van der Waals surface area (Å²) in [6.07, 6.45) is -4.35. The first-order valence-corrected chi connectivity index (χ1v) is 7.72. The van der Waals surface area contributed by atoms with E-state index in [1.165, 1.54) is 6.07 Å². The van der Waals surface area contributed by atoms with Crippen LogP contribution in [0.2, 0.25) is 0 Å². The highest BCUT2D eigenvalue weighted by Gasteiger charge is 2.30. The molecule has 24 heavy (non-hydrogen) atoms. The van der Waals surface area contributed by atoms with Gasteiger partial charge >= 0.3 is 6.18 Å². The fraction of sp³-hybridized carbons (Fsp3) is 0.562. The van der Waals surface area contributed by atoms with E-state index in [1.807, 2.05) is 6.92 Å². The highest BCUT2D eigenvalue weighted by molar-refractivity contribution is 5.79. The number of guanidine groups is 1. The van der Waals surface area contributed by atoms with Gasteiger partial charge in [-0.1, -0.05) is 12.1 Å². The van der Waals surface area contributed by atoms with Gasteiger partial charge in [0.05, 0.1) is 31.9 Å². The van der Waals surface area contributed by atoms with Crippen molar-refractivity contribution in [2.24, 2.45) is 4.99 Å². The summed E-state index contributed by atoms with van der Waals surface area (Å²) in [6.45, 7) is 4.79. The second-order valence-electron chi connectivity index (χ2n) is 4.93. The topological polar surface area (TPSA) is 54.9 Å². The lowest BCUT2D eigenvalue weighted by Crippen LogP contribution is -2.39. The number of rotatable bonds is 9. The Labute approximate surface area is 140 Å². The first-order chi connectivity index (χ1) is 11.5. The van der Waals surface area contributed by atoms with E-state index in [0.717, 1.165) is 12.1 Å². The van der Waals surface area contributed by atoms with E-state index >= 15 is 0 Å². The maximum Gasteiger partial charge on any atom is 0.416 e. The van der Waals surface area contributed by atoms with E-state index < -0.39 is 11.7 Å². The molecule has 0 fully saturated rings. The minimum Gasteiger partial charge on any atom is -0.382 e. The first kappa shape index (κ1) is 20.2. The molecule has 0 radical (unpaired) electrons. The summed E-state index contributed by atoms with van der Waals surface area (Å²) < 4.78 is 48.3. The number of nitrogens with zero attached hydrogens (tertiary/aromatic N) is 1. The highest BCUT2D eigenvalue weighted by Crippen LogP contribution is 2.29. The van der Waals surface area contributed by atoms with Gasteiger partial charge in [-0.15, -0.1) is 0 Å². The molecule has 0 spiro atoms. The highest BCUT2D eigenvalue weighted by atomic mass is 19.4. The molecular weight excluding hydrogens is 323 g/mol. The summed E-state index contributed by atoms with van der Waals surface area (Å²) in [5, 5.41) is 6.10. The zero-order valence-corrected chi connectivity index (χ0v) is 13.9. The van der Waals surface area contributed by atoms with Crippen LogP contribution in [0.25, 0.3) is 0 Å². The Morgan fingerprint density at radius 1 is 1.17 bits per heavy atom. The molecule has 0 aromatic heterocycles. The molecule has 0 aliphatic carbocycles. The molecule has 0 saturated heterocycles. The number of benzene rings is 1. The standard InChI is InChI=1S/C16H24F3N3O2/c1-3-20-15(21-7-8-24-10-9-23-2)22-12-13-5-4-6-14(11-13)16(17,18)19/h4-6,11H,3,7-10,12H2,1-2H3,(H2,20,21,22). The van der Waals surface area contributed by atoms with Gasteiger partial charge in [-0.3, -0.25) is 0 Å². The third-order valence-corrected chi connectivity index (χ3v) is 2.99. The van der Waals surface area contributed by atoms with Crippen molar-refractivity contribution in [1.29, 1.82) is 0 Å². The van der Waals surface area contributed by atoms with Crippen LogP contribution in [0.3, 0.4) is 0 Å². The van der Waals surface area contributed by atoms with E-state index in [0.29, 0.717) is 44.4 Å². The third-order valence-electron chi connectivity index (χ3n) is 2.99. The third kappa shape index (κ3) is 8.16. The Bertz CT molecular complexity index is 508. The van der Waals surface area contributed by atoms with Crippen molar-refractivity contribution in [1.82, 2.24) is 10.6 Å². The Kier molecular flexibility index (Phi) is 9.18. The Morgan fingerprint density at radius 2 is 1.96 bits per heavy atom. The quantitative estimate of drug-likeness (QED) is 0.409. The predicted octanol–water partition coefficient (Wildman–Crippen LogP) is 2.42. The van der Waals surface area contributed by atoms with Gasteiger partial charge in [-0.2, -0.15) is 13.2 Å². The van der Waals surface area contributed by atoms with Gasteiger partial charge in [-0.25, -0.2) is 4.99 Å². The molecule has 0 aliphatic rings. The van der Waals surface area contributed by atoms with Crippen LogP contribution in [-0.2, 0) is 22.2 Å². The summed E-state index contributed by atoms with van der Waals surface area (Å²) in [5.74, 6) is 0.533. The number of nitrogens with one attached hydrogen (secondary N) is 2. The Hall–Kier alpha value is -1.80. The number of halogens is 3. The molecule has 0 unspecified atom stereocenters. The lowest BCUT2D eigenvalue weighted by molar-refractivity contribution is -0.137. The van der Waals surface area contributed by atoms with Crippen LogP contribution in [0.5, 0.6) is 0 Å². The maximum absolute atomic E-state index is 12.7. The fourth-order valence-electron chi connectivity index (χ4n) is 1.84. The lowest BCUT2D eigenvalue weighted by atomic mass is 10.1. The summed E-state index contributed by atoms with van der Waals surface area (Å²) >= 11 is 0.